The monoisotopic (exact) mass is 273 g/mol. The smallest absolute Gasteiger partial charge is 0.160 e. The standard InChI is InChI=1S/C13H23NO3S/c1-5-14-8-12-6-7-13(17-12)9-18(15,16)11(4)10(2)3/h6-7,10-11,14H,5,8-9H2,1-4H3. The second kappa shape index (κ2) is 6.38. The van der Waals surface area contributed by atoms with Crippen LogP contribution >= 0.6 is 0 Å². The van der Waals surface area contributed by atoms with E-state index in [1.54, 1.807) is 13.0 Å². The zero-order chi connectivity index (χ0) is 13.8. The van der Waals surface area contributed by atoms with Crippen LogP contribution in [-0.4, -0.2) is 20.2 Å². The van der Waals surface area contributed by atoms with E-state index in [1.807, 2.05) is 26.8 Å². The fourth-order valence-electron chi connectivity index (χ4n) is 1.59. The molecule has 1 aromatic rings. The quantitative estimate of drug-likeness (QED) is 0.828. The minimum Gasteiger partial charge on any atom is -0.464 e. The van der Waals surface area contributed by atoms with E-state index in [0.29, 0.717) is 12.3 Å². The first kappa shape index (κ1) is 15.2. The van der Waals surface area contributed by atoms with Gasteiger partial charge < -0.3 is 9.73 Å². The second-order valence-corrected chi connectivity index (χ2v) is 7.26. The van der Waals surface area contributed by atoms with Gasteiger partial charge in [0.2, 0.25) is 0 Å². The van der Waals surface area contributed by atoms with Crippen LogP contribution in [-0.2, 0) is 22.1 Å². The maximum atomic E-state index is 12.1. The van der Waals surface area contributed by atoms with Crippen molar-refractivity contribution in [2.24, 2.45) is 5.92 Å². The van der Waals surface area contributed by atoms with Crippen molar-refractivity contribution in [2.75, 3.05) is 6.54 Å². The van der Waals surface area contributed by atoms with Crippen LogP contribution in [0.5, 0.6) is 0 Å². The Balaban J connectivity index is 2.70. The third kappa shape index (κ3) is 4.14. The lowest BCUT2D eigenvalue weighted by molar-refractivity contribution is 0.457. The molecule has 1 atom stereocenters. The Morgan fingerprint density at radius 2 is 1.83 bits per heavy atom. The molecular weight excluding hydrogens is 250 g/mol. The summed E-state index contributed by atoms with van der Waals surface area (Å²) in [6.45, 7) is 9.10. The molecule has 0 aliphatic heterocycles. The van der Waals surface area contributed by atoms with Gasteiger partial charge in [0.15, 0.2) is 9.84 Å². The Morgan fingerprint density at radius 3 is 2.39 bits per heavy atom. The highest BCUT2D eigenvalue weighted by Gasteiger charge is 2.25. The number of sulfone groups is 1. The Bertz CT molecular complexity index is 462. The van der Waals surface area contributed by atoms with E-state index < -0.39 is 9.84 Å². The lowest BCUT2D eigenvalue weighted by atomic mass is 10.2. The summed E-state index contributed by atoms with van der Waals surface area (Å²) in [6.07, 6.45) is 0. The third-order valence-electron chi connectivity index (χ3n) is 3.12. The van der Waals surface area contributed by atoms with Crippen LogP contribution in [0.2, 0.25) is 0 Å². The van der Waals surface area contributed by atoms with Gasteiger partial charge in [-0.1, -0.05) is 20.8 Å². The van der Waals surface area contributed by atoms with Crippen molar-refractivity contribution < 1.29 is 12.8 Å². The van der Waals surface area contributed by atoms with E-state index in [1.165, 1.54) is 0 Å². The Hall–Kier alpha value is -0.810. The number of nitrogens with one attached hydrogen (secondary N) is 1. The zero-order valence-electron chi connectivity index (χ0n) is 11.6. The summed E-state index contributed by atoms with van der Waals surface area (Å²) in [5.41, 5.74) is 0. The SMILES string of the molecule is CCNCc1ccc(CS(=O)(=O)C(C)C(C)C)o1. The second-order valence-electron chi connectivity index (χ2n) is 4.90. The molecule has 0 amide bonds. The van der Waals surface area contributed by atoms with Crippen molar-refractivity contribution in [1.29, 1.82) is 0 Å². The van der Waals surface area contributed by atoms with E-state index in [-0.39, 0.29) is 16.9 Å². The van der Waals surface area contributed by atoms with Crippen LogP contribution in [0.15, 0.2) is 16.5 Å². The van der Waals surface area contributed by atoms with E-state index in [4.69, 9.17) is 4.42 Å². The van der Waals surface area contributed by atoms with Gasteiger partial charge in [-0.25, -0.2) is 8.42 Å². The molecule has 0 bridgehead atoms. The van der Waals surface area contributed by atoms with Crippen LogP contribution in [0.4, 0.5) is 0 Å². The molecule has 0 spiro atoms. The summed E-state index contributed by atoms with van der Waals surface area (Å²) in [5, 5.41) is 2.79. The molecule has 1 N–H and O–H groups in total. The van der Waals surface area contributed by atoms with Crippen LogP contribution in [0, 0.1) is 5.92 Å². The van der Waals surface area contributed by atoms with E-state index in [2.05, 4.69) is 5.32 Å². The normalized spacial score (nSPS) is 14.1. The molecule has 4 nitrogen and oxygen atoms in total. The fraction of sp³-hybridized carbons (Fsp3) is 0.692. The average molecular weight is 273 g/mol. The van der Waals surface area contributed by atoms with E-state index in [0.717, 1.165) is 12.3 Å². The van der Waals surface area contributed by atoms with Gasteiger partial charge in [-0.3, -0.25) is 0 Å². The van der Waals surface area contributed by atoms with Crippen LogP contribution in [0.25, 0.3) is 0 Å². The van der Waals surface area contributed by atoms with Gasteiger partial charge in [0.1, 0.15) is 17.3 Å². The molecule has 0 aromatic carbocycles. The molecule has 5 heteroatoms. The van der Waals surface area contributed by atoms with Crippen molar-refractivity contribution in [1.82, 2.24) is 5.32 Å². The Morgan fingerprint density at radius 1 is 1.22 bits per heavy atom. The first-order valence-corrected chi connectivity index (χ1v) is 8.08. The Kier molecular flexibility index (Phi) is 5.41. The summed E-state index contributed by atoms with van der Waals surface area (Å²) in [7, 11) is -3.13. The summed E-state index contributed by atoms with van der Waals surface area (Å²) in [6, 6.07) is 3.57. The number of furan rings is 1. The summed E-state index contributed by atoms with van der Waals surface area (Å²) < 4.78 is 29.7. The van der Waals surface area contributed by atoms with Crippen molar-refractivity contribution >= 4 is 9.84 Å². The summed E-state index contributed by atoms with van der Waals surface area (Å²) in [4.78, 5) is 0. The van der Waals surface area contributed by atoms with E-state index in [9.17, 15) is 8.42 Å². The van der Waals surface area contributed by atoms with Gasteiger partial charge >= 0.3 is 0 Å². The number of hydrogen-bond acceptors (Lipinski definition) is 4. The highest BCUT2D eigenvalue weighted by molar-refractivity contribution is 7.91. The zero-order valence-corrected chi connectivity index (χ0v) is 12.4. The molecule has 104 valence electrons. The topological polar surface area (TPSA) is 59.3 Å². The lowest BCUT2D eigenvalue weighted by Gasteiger charge is -2.15. The first-order valence-electron chi connectivity index (χ1n) is 6.36. The van der Waals surface area contributed by atoms with Crippen LogP contribution in [0.3, 0.4) is 0 Å². The van der Waals surface area contributed by atoms with Gasteiger partial charge in [0, 0.05) is 0 Å². The highest BCUT2D eigenvalue weighted by atomic mass is 32.2. The van der Waals surface area contributed by atoms with Gasteiger partial charge in [0.25, 0.3) is 0 Å². The first-order chi connectivity index (χ1) is 8.36. The maximum Gasteiger partial charge on any atom is 0.160 e. The van der Waals surface area contributed by atoms with E-state index >= 15 is 0 Å². The van der Waals surface area contributed by atoms with Gasteiger partial charge in [0.05, 0.1) is 11.8 Å². The molecular formula is C13H23NO3S. The molecule has 0 aliphatic carbocycles. The fourth-order valence-corrected chi connectivity index (χ4v) is 3.23. The van der Waals surface area contributed by atoms with Crippen molar-refractivity contribution in [3.05, 3.63) is 23.7 Å². The third-order valence-corrected chi connectivity index (χ3v) is 5.48. The molecule has 0 fully saturated rings. The summed E-state index contributed by atoms with van der Waals surface area (Å²) >= 11 is 0. The molecule has 18 heavy (non-hydrogen) atoms. The largest absolute Gasteiger partial charge is 0.464 e. The molecule has 0 aliphatic rings. The van der Waals surface area contributed by atoms with Crippen molar-refractivity contribution in [3.63, 3.8) is 0 Å². The molecule has 1 unspecified atom stereocenters. The predicted molar refractivity (Wildman–Crippen MR) is 73.0 cm³/mol. The van der Waals surface area contributed by atoms with Crippen molar-refractivity contribution in [2.45, 2.75) is 45.2 Å². The molecule has 1 aromatic heterocycles. The van der Waals surface area contributed by atoms with Crippen LogP contribution in [0.1, 0.15) is 39.2 Å². The number of rotatable bonds is 7. The average Bonchev–Trinajstić information content (AvgIpc) is 2.72. The molecule has 1 heterocycles. The minimum atomic E-state index is -3.13. The number of hydrogen-bond donors (Lipinski definition) is 1. The molecule has 0 saturated carbocycles. The molecule has 0 radical (unpaired) electrons. The molecule has 0 saturated heterocycles. The lowest BCUT2D eigenvalue weighted by Crippen LogP contribution is -2.24. The van der Waals surface area contributed by atoms with Gasteiger partial charge in [-0.15, -0.1) is 0 Å². The summed E-state index contributed by atoms with van der Waals surface area (Å²) in [5.74, 6) is 1.40. The van der Waals surface area contributed by atoms with Gasteiger partial charge in [-0.05, 0) is 31.5 Å². The predicted octanol–water partition coefficient (Wildman–Crippen LogP) is 2.35. The van der Waals surface area contributed by atoms with Crippen LogP contribution < -0.4 is 5.32 Å². The highest BCUT2D eigenvalue weighted by Crippen LogP contribution is 2.18. The molecule has 1 rings (SSSR count). The Labute approximate surface area is 110 Å². The maximum absolute atomic E-state index is 12.1. The van der Waals surface area contributed by atoms with Gasteiger partial charge in [-0.2, -0.15) is 0 Å². The minimum absolute atomic E-state index is 0.0154. The van der Waals surface area contributed by atoms with Crippen molar-refractivity contribution in [3.8, 4) is 0 Å².